The van der Waals surface area contributed by atoms with Crippen molar-refractivity contribution < 1.29 is 19.7 Å². The minimum absolute atomic E-state index is 0.483. The second kappa shape index (κ2) is 6.89. The molecule has 0 aliphatic carbocycles. The molecule has 0 atom stereocenters. The molecule has 0 saturated heterocycles. The lowest BCUT2D eigenvalue weighted by Crippen LogP contribution is -2.34. The van der Waals surface area contributed by atoms with Gasteiger partial charge in [0.25, 0.3) is 0 Å². The van der Waals surface area contributed by atoms with Crippen molar-refractivity contribution in [3.05, 3.63) is 48.5 Å². The van der Waals surface area contributed by atoms with Gasteiger partial charge in [-0.1, -0.05) is 61.9 Å². The molecular weight excluding hydrogens is 326 g/mol. The number of hydrogen-bond donors (Lipinski definition) is 3. The van der Waals surface area contributed by atoms with E-state index in [2.05, 4.69) is 6.92 Å². The molecule has 0 heterocycles. The van der Waals surface area contributed by atoms with Crippen molar-refractivity contribution >= 4 is 57.5 Å². The van der Waals surface area contributed by atoms with E-state index in [1.807, 2.05) is 42.5 Å². The molecule has 130 valence electrons. The van der Waals surface area contributed by atoms with Gasteiger partial charge in [0.05, 0.1) is 0 Å². The first-order valence-electron chi connectivity index (χ1n) is 8.98. The zero-order chi connectivity index (χ0) is 18.3. The van der Waals surface area contributed by atoms with Crippen molar-refractivity contribution in [1.29, 1.82) is 0 Å². The van der Waals surface area contributed by atoms with Gasteiger partial charge < -0.3 is 19.7 Å². The first-order valence-corrected chi connectivity index (χ1v) is 8.98. The highest BCUT2D eigenvalue weighted by Crippen LogP contribution is 2.33. The molecule has 0 aliphatic heterocycles. The van der Waals surface area contributed by atoms with E-state index in [1.165, 1.54) is 0 Å². The Morgan fingerprint density at radius 2 is 1.31 bits per heavy atom. The van der Waals surface area contributed by atoms with Gasteiger partial charge >= 0.3 is 14.2 Å². The Bertz CT molecular complexity index is 1060. The summed E-state index contributed by atoms with van der Waals surface area (Å²) in [4.78, 5) is 0. The van der Waals surface area contributed by atoms with Crippen molar-refractivity contribution in [2.24, 2.45) is 0 Å². The second-order valence-electron chi connectivity index (χ2n) is 6.68. The molecule has 6 heteroatoms. The van der Waals surface area contributed by atoms with Gasteiger partial charge in [0.15, 0.2) is 0 Å². The Morgan fingerprint density at radius 1 is 0.769 bits per heavy atom. The average Bonchev–Trinajstić information content (AvgIpc) is 2.65. The van der Waals surface area contributed by atoms with Crippen LogP contribution in [0.1, 0.15) is 19.8 Å². The van der Waals surface area contributed by atoms with Crippen molar-refractivity contribution in [3.63, 3.8) is 0 Å². The fourth-order valence-corrected chi connectivity index (χ4v) is 3.72. The molecular formula is C20H20B2O4. The monoisotopic (exact) mass is 346 g/mol. The molecule has 4 aromatic rings. The summed E-state index contributed by atoms with van der Waals surface area (Å²) in [7, 11) is -2.50. The number of hydrogen-bond acceptors (Lipinski definition) is 4. The lowest BCUT2D eigenvalue weighted by atomic mass is 9.72. The minimum atomic E-state index is -1.53. The lowest BCUT2D eigenvalue weighted by molar-refractivity contribution is 0.265. The van der Waals surface area contributed by atoms with Gasteiger partial charge in [-0.25, -0.2) is 0 Å². The van der Waals surface area contributed by atoms with Crippen LogP contribution in [-0.2, 0) is 4.65 Å². The van der Waals surface area contributed by atoms with Crippen molar-refractivity contribution in [3.8, 4) is 0 Å². The smallest absolute Gasteiger partial charge is 0.423 e. The summed E-state index contributed by atoms with van der Waals surface area (Å²) in [5.74, 6) is 0. The van der Waals surface area contributed by atoms with Crippen LogP contribution < -0.4 is 10.9 Å². The maximum absolute atomic E-state index is 10.5. The van der Waals surface area contributed by atoms with Crippen molar-refractivity contribution in [2.75, 3.05) is 6.61 Å². The SMILES string of the molecule is CCCCOB(O)c1ccc2ccc3c(B(O)O)ccc4ccc1c2c43. The third-order valence-corrected chi connectivity index (χ3v) is 5.05. The number of unbranched alkanes of at least 4 members (excludes halogenated alkanes) is 1. The summed E-state index contributed by atoms with van der Waals surface area (Å²) in [6, 6.07) is 15.4. The highest BCUT2D eigenvalue weighted by atomic mass is 16.5. The van der Waals surface area contributed by atoms with E-state index in [4.69, 9.17) is 4.65 Å². The molecule has 0 unspecified atom stereocenters. The molecule has 26 heavy (non-hydrogen) atoms. The van der Waals surface area contributed by atoms with Crippen LogP contribution in [0, 0.1) is 0 Å². The Balaban J connectivity index is 1.96. The van der Waals surface area contributed by atoms with Gasteiger partial charge in [0.2, 0.25) is 0 Å². The van der Waals surface area contributed by atoms with Crippen molar-refractivity contribution in [2.45, 2.75) is 19.8 Å². The zero-order valence-electron chi connectivity index (χ0n) is 14.6. The summed E-state index contributed by atoms with van der Waals surface area (Å²) >= 11 is 0. The number of rotatable bonds is 6. The zero-order valence-corrected chi connectivity index (χ0v) is 14.6. The summed E-state index contributed by atoms with van der Waals surface area (Å²) in [6.45, 7) is 2.60. The first kappa shape index (κ1) is 17.3. The van der Waals surface area contributed by atoms with Crippen LogP contribution in [0.2, 0.25) is 0 Å². The van der Waals surface area contributed by atoms with Crippen LogP contribution in [0.15, 0.2) is 48.5 Å². The van der Waals surface area contributed by atoms with E-state index in [0.717, 1.165) is 50.6 Å². The average molecular weight is 346 g/mol. The Kier molecular flexibility index (Phi) is 4.59. The summed E-state index contributed by atoms with van der Waals surface area (Å²) in [5, 5.41) is 35.8. The highest BCUT2D eigenvalue weighted by molar-refractivity contribution is 6.65. The minimum Gasteiger partial charge on any atom is -0.423 e. The molecule has 0 radical (unpaired) electrons. The molecule has 0 bridgehead atoms. The van der Waals surface area contributed by atoms with Gasteiger partial charge in [0, 0.05) is 6.61 Å². The largest absolute Gasteiger partial charge is 0.491 e. The molecule has 0 fully saturated rings. The van der Waals surface area contributed by atoms with Crippen LogP contribution in [0.25, 0.3) is 32.3 Å². The molecule has 0 aliphatic rings. The van der Waals surface area contributed by atoms with Gasteiger partial charge in [-0.15, -0.1) is 0 Å². The van der Waals surface area contributed by atoms with Crippen LogP contribution in [-0.4, -0.2) is 35.9 Å². The molecule has 3 N–H and O–H groups in total. The quantitative estimate of drug-likeness (QED) is 0.283. The van der Waals surface area contributed by atoms with E-state index in [-0.39, 0.29) is 0 Å². The summed E-state index contributed by atoms with van der Waals surface area (Å²) < 4.78 is 5.60. The maximum Gasteiger partial charge on any atom is 0.491 e. The van der Waals surface area contributed by atoms with Crippen LogP contribution in [0.4, 0.5) is 0 Å². The van der Waals surface area contributed by atoms with Gasteiger partial charge in [0.1, 0.15) is 0 Å². The van der Waals surface area contributed by atoms with Crippen molar-refractivity contribution in [1.82, 2.24) is 0 Å². The lowest BCUT2D eigenvalue weighted by Gasteiger charge is -2.17. The van der Waals surface area contributed by atoms with Gasteiger partial charge in [-0.2, -0.15) is 0 Å². The number of benzene rings is 4. The standard InChI is InChI=1S/C20H20B2O4/c1-2-3-12-26-22(25)18-11-7-14-4-8-15-17(21(23)24)10-6-13-5-9-16(18)20(14)19(13)15/h4-11,23-25H,2-3,12H2,1H3. The van der Waals surface area contributed by atoms with Gasteiger partial charge in [-0.05, 0) is 49.7 Å². The predicted molar refractivity (Wildman–Crippen MR) is 108 cm³/mol. The highest BCUT2D eigenvalue weighted by Gasteiger charge is 2.23. The molecule has 0 aromatic heterocycles. The third kappa shape index (κ3) is 2.75. The summed E-state index contributed by atoms with van der Waals surface area (Å²) in [5.41, 5.74) is 1.22. The van der Waals surface area contributed by atoms with Crippen LogP contribution >= 0.6 is 0 Å². The molecule has 0 amide bonds. The van der Waals surface area contributed by atoms with E-state index >= 15 is 0 Å². The topological polar surface area (TPSA) is 69.9 Å². The van der Waals surface area contributed by atoms with E-state index < -0.39 is 14.2 Å². The van der Waals surface area contributed by atoms with E-state index in [1.54, 1.807) is 6.07 Å². The molecule has 0 spiro atoms. The Hall–Kier alpha value is -2.11. The molecule has 4 aromatic carbocycles. The Morgan fingerprint density at radius 3 is 1.88 bits per heavy atom. The molecule has 4 rings (SSSR count). The third-order valence-electron chi connectivity index (χ3n) is 5.05. The maximum atomic E-state index is 10.5. The fourth-order valence-electron chi connectivity index (χ4n) is 3.72. The van der Waals surface area contributed by atoms with Gasteiger partial charge in [-0.3, -0.25) is 0 Å². The molecule has 4 nitrogen and oxygen atoms in total. The fraction of sp³-hybridized carbons (Fsp3) is 0.200. The molecule has 0 saturated carbocycles. The Labute approximate surface area is 152 Å². The predicted octanol–water partition coefficient (Wildman–Crippen LogP) is 1.77. The van der Waals surface area contributed by atoms with E-state index in [0.29, 0.717) is 12.1 Å². The second-order valence-corrected chi connectivity index (χ2v) is 6.68. The normalized spacial score (nSPS) is 11.7. The first-order chi connectivity index (χ1) is 12.6. The van der Waals surface area contributed by atoms with Crippen LogP contribution in [0.3, 0.4) is 0 Å². The van der Waals surface area contributed by atoms with E-state index in [9.17, 15) is 15.1 Å². The van der Waals surface area contributed by atoms with Crippen LogP contribution in [0.5, 0.6) is 0 Å². The summed E-state index contributed by atoms with van der Waals surface area (Å²) in [6.07, 6.45) is 1.91.